The minimum Gasteiger partial charge on any atom is -1.00 e. The van der Waals surface area contributed by atoms with Crippen LogP contribution in [0.5, 0.6) is 0 Å². The summed E-state index contributed by atoms with van der Waals surface area (Å²) in [5, 5.41) is 0. The molecule has 6 atom stereocenters. The Bertz CT molecular complexity index is 529. The van der Waals surface area contributed by atoms with Gasteiger partial charge in [0.1, 0.15) is 0 Å². The van der Waals surface area contributed by atoms with Gasteiger partial charge in [0.15, 0.2) is 0 Å². The molecule has 30 heavy (non-hydrogen) atoms. The van der Waals surface area contributed by atoms with Crippen molar-refractivity contribution in [2.75, 3.05) is 0 Å². The summed E-state index contributed by atoms with van der Waals surface area (Å²) in [6.07, 6.45) is 26.0. The van der Waals surface area contributed by atoms with E-state index >= 15 is 0 Å². The standard InChI is InChI=1S/2C12H17.C2H6Ge.2ClH.Zr/c2*1-9(2)12-7-10-5-3-4-6-11(10)8-12;1-3-2;;;/h2*3-7,9-12H,8H2,1-2H3;1-2H3;2*1H;/q2*-1;;;;+2/p-2. The molecule has 0 aromatic carbocycles. The Morgan fingerprint density at radius 2 is 1.00 bits per heavy atom. The molecular weight excluding hydrogens is 547 g/mol. The van der Waals surface area contributed by atoms with Gasteiger partial charge in [-0.15, -0.1) is 24.0 Å². The zero-order valence-corrected chi connectivity index (χ0v) is 25.6. The van der Waals surface area contributed by atoms with E-state index in [1.165, 1.54) is 12.8 Å². The third-order valence-corrected chi connectivity index (χ3v) is 6.33. The zero-order valence-electron chi connectivity index (χ0n) is 19.6. The van der Waals surface area contributed by atoms with Crippen molar-refractivity contribution < 1.29 is 46.4 Å². The molecular formula is C26H40Cl2GeZr-2. The molecule has 4 aliphatic rings. The van der Waals surface area contributed by atoms with Crippen molar-refractivity contribution in [2.45, 2.75) is 52.0 Å². The fourth-order valence-corrected chi connectivity index (χ4v) is 4.57. The first-order chi connectivity index (χ1) is 13.3. The van der Waals surface area contributed by atoms with Crippen LogP contribution in [0.4, 0.5) is 0 Å². The van der Waals surface area contributed by atoms with Crippen LogP contribution in [-0.2, 0) is 21.6 Å². The van der Waals surface area contributed by atoms with Crippen molar-refractivity contribution in [3.8, 4) is 0 Å². The molecule has 4 aliphatic carbocycles. The molecule has 0 radical (unpaired) electrons. The maximum atomic E-state index is 2.54. The van der Waals surface area contributed by atoms with Crippen LogP contribution in [0.2, 0.25) is 11.5 Å². The van der Waals surface area contributed by atoms with Gasteiger partial charge in [-0.1, -0.05) is 88.8 Å². The second kappa shape index (κ2) is 15.7. The van der Waals surface area contributed by atoms with E-state index in [2.05, 4.69) is 101 Å². The third-order valence-electron chi connectivity index (χ3n) is 6.33. The second-order valence-corrected chi connectivity index (χ2v) is 26.7. The Morgan fingerprint density at radius 1 is 0.700 bits per heavy atom. The fraction of sp³-hybridized carbons (Fsp3) is 0.615. The van der Waals surface area contributed by atoms with Gasteiger partial charge in [0.05, 0.1) is 0 Å². The Morgan fingerprint density at radius 3 is 1.27 bits per heavy atom. The van der Waals surface area contributed by atoms with Crippen LogP contribution in [-0.4, -0.2) is 9.98 Å². The van der Waals surface area contributed by atoms with Gasteiger partial charge in [0.25, 0.3) is 0 Å². The van der Waals surface area contributed by atoms with Gasteiger partial charge < -0.3 is 37.7 Å². The molecule has 0 aromatic heterocycles. The van der Waals surface area contributed by atoms with Gasteiger partial charge in [-0.3, -0.25) is 0 Å². The smallest absolute Gasteiger partial charge is 1.00 e. The average Bonchev–Trinajstić information content (AvgIpc) is 3.26. The Hall–Kier alpha value is 0.966. The summed E-state index contributed by atoms with van der Waals surface area (Å²) >= 11 is 1.80. The molecule has 0 nitrogen and oxygen atoms in total. The molecule has 2 saturated carbocycles. The normalized spacial score (nSPS) is 32.2. The third kappa shape index (κ3) is 10.3. The van der Waals surface area contributed by atoms with Crippen LogP contribution < -0.4 is 24.8 Å². The van der Waals surface area contributed by atoms with Gasteiger partial charge in [-0.2, -0.15) is 11.8 Å². The van der Waals surface area contributed by atoms with Crippen molar-refractivity contribution >= 4 is 9.98 Å². The number of hydrogen-bond acceptors (Lipinski definition) is 0. The van der Waals surface area contributed by atoms with Gasteiger partial charge in [0.2, 0.25) is 0 Å². The summed E-state index contributed by atoms with van der Waals surface area (Å²) in [6, 6.07) is 0. The van der Waals surface area contributed by atoms with Crippen LogP contribution in [0, 0.1) is 60.2 Å². The first-order valence-corrected chi connectivity index (χ1v) is 22.8. The fourth-order valence-electron chi connectivity index (χ4n) is 4.57. The zero-order chi connectivity index (χ0) is 20.7. The summed E-state index contributed by atoms with van der Waals surface area (Å²) in [7, 11) is -0.243. The van der Waals surface area contributed by atoms with Crippen molar-refractivity contribution in [3.05, 3.63) is 61.4 Å². The summed E-state index contributed by atoms with van der Waals surface area (Å²) in [6.45, 7) is 9.30. The van der Waals surface area contributed by atoms with Crippen LogP contribution in [0.3, 0.4) is 0 Å². The van der Waals surface area contributed by atoms with E-state index in [9.17, 15) is 0 Å². The van der Waals surface area contributed by atoms with Crippen molar-refractivity contribution in [2.24, 2.45) is 47.3 Å². The molecule has 0 aliphatic heterocycles. The molecule has 0 bridgehead atoms. The van der Waals surface area contributed by atoms with E-state index < -0.39 is 0 Å². The van der Waals surface area contributed by atoms with Crippen LogP contribution >= 0.6 is 0 Å². The molecule has 0 saturated heterocycles. The maximum Gasteiger partial charge on any atom is -1.00 e. The second-order valence-electron chi connectivity index (χ2n) is 9.69. The SMILES string of the molecule is CC(C)C1[CH-]C2C=CC=CC2C1.CC(C)C1[CH-]C2C=CC=CC2C1.[CH3][Ge]([CH3])=[Zr+2].[Cl-].[Cl-]. The first-order valence-electron chi connectivity index (χ1n) is 11.2. The summed E-state index contributed by atoms with van der Waals surface area (Å²) in [4.78, 5) is 0. The molecule has 0 N–H and O–H groups in total. The van der Waals surface area contributed by atoms with E-state index in [4.69, 9.17) is 0 Å². The minimum atomic E-state index is -0.243. The molecule has 0 amide bonds. The Kier molecular flexibility index (Phi) is 16.2. The number of fused-ring (bicyclic) bond motifs is 2. The van der Waals surface area contributed by atoms with Gasteiger partial charge in [-0.05, 0) is 11.8 Å². The summed E-state index contributed by atoms with van der Waals surface area (Å²) in [5.41, 5.74) is 0. The predicted molar refractivity (Wildman–Crippen MR) is 122 cm³/mol. The van der Waals surface area contributed by atoms with E-state index in [1.54, 1.807) is 21.6 Å². The Labute approximate surface area is 215 Å². The molecule has 6 unspecified atom stereocenters. The van der Waals surface area contributed by atoms with E-state index in [0.29, 0.717) is 0 Å². The van der Waals surface area contributed by atoms with E-state index in [0.717, 1.165) is 47.3 Å². The molecule has 0 aromatic rings. The van der Waals surface area contributed by atoms with Crippen LogP contribution in [0.1, 0.15) is 40.5 Å². The molecule has 2 fully saturated rings. The number of allylic oxidation sites excluding steroid dienone is 8. The molecule has 168 valence electrons. The topological polar surface area (TPSA) is 0 Å². The van der Waals surface area contributed by atoms with Gasteiger partial charge in [0, 0.05) is 0 Å². The summed E-state index contributed by atoms with van der Waals surface area (Å²) < 4.78 is 0. The van der Waals surface area contributed by atoms with Gasteiger partial charge >= 0.3 is 43.1 Å². The number of hydrogen-bond donors (Lipinski definition) is 0. The van der Waals surface area contributed by atoms with Gasteiger partial charge in [-0.25, -0.2) is 0 Å². The first kappa shape index (κ1) is 31.0. The predicted octanol–water partition coefficient (Wildman–Crippen LogP) is 1.24. The van der Waals surface area contributed by atoms with Crippen molar-refractivity contribution in [3.63, 3.8) is 0 Å². The van der Waals surface area contributed by atoms with E-state index in [-0.39, 0.29) is 34.8 Å². The Balaban J connectivity index is 0.000000452. The minimum absolute atomic E-state index is 0. The quantitative estimate of drug-likeness (QED) is 0.337. The van der Waals surface area contributed by atoms with Crippen LogP contribution in [0.25, 0.3) is 0 Å². The average molecular weight is 587 g/mol. The molecule has 4 rings (SSSR count). The largest absolute Gasteiger partial charge is 1.00 e. The summed E-state index contributed by atoms with van der Waals surface area (Å²) in [5.74, 6) is 11.2. The molecule has 0 spiro atoms. The number of halogens is 2. The number of rotatable bonds is 2. The van der Waals surface area contributed by atoms with Crippen LogP contribution in [0.15, 0.2) is 48.6 Å². The van der Waals surface area contributed by atoms with E-state index in [1.807, 2.05) is 0 Å². The van der Waals surface area contributed by atoms with Crippen molar-refractivity contribution in [1.82, 2.24) is 0 Å². The maximum absolute atomic E-state index is 2.54. The monoisotopic (exact) mass is 586 g/mol. The molecule has 4 heteroatoms. The van der Waals surface area contributed by atoms with Crippen molar-refractivity contribution in [1.29, 1.82) is 0 Å². The molecule has 0 heterocycles.